The number of anilines is 3. The van der Waals surface area contributed by atoms with Crippen molar-refractivity contribution in [3.05, 3.63) is 271 Å². The molecule has 3 heteroatoms. The maximum atomic E-state index is 2.46. The van der Waals surface area contributed by atoms with Crippen molar-refractivity contribution < 1.29 is 0 Å². The molecule has 3 nitrogen and oxygen atoms in total. The minimum absolute atomic E-state index is 0.527. The zero-order chi connectivity index (χ0) is 42.2. The molecular formula is C61H41N3. The van der Waals surface area contributed by atoms with Crippen LogP contribution in [0, 0.1) is 0 Å². The normalized spacial score (nSPS) is 12.8. The van der Waals surface area contributed by atoms with Crippen molar-refractivity contribution in [3.8, 4) is 22.5 Å². The van der Waals surface area contributed by atoms with E-state index in [0.29, 0.717) is 0 Å². The first-order valence-corrected chi connectivity index (χ1v) is 22.1. The summed E-state index contributed by atoms with van der Waals surface area (Å²) in [6.07, 6.45) is 0. The lowest BCUT2D eigenvalue weighted by Crippen LogP contribution is -2.28. The number of nitrogens with zero attached hydrogens (tertiary/aromatic N) is 3. The Labute approximate surface area is 372 Å². The van der Waals surface area contributed by atoms with E-state index in [9.17, 15) is 0 Å². The molecule has 300 valence electrons. The summed E-state index contributed by atoms with van der Waals surface area (Å²) in [6.45, 7) is 0. The van der Waals surface area contributed by atoms with Crippen LogP contribution in [-0.2, 0) is 5.41 Å². The summed E-state index contributed by atoms with van der Waals surface area (Å²) in [5.41, 5.74) is 17.3. The van der Waals surface area contributed by atoms with Crippen LogP contribution in [0.25, 0.3) is 66.1 Å². The average molecular weight is 816 g/mol. The van der Waals surface area contributed by atoms with Crippen LogP contribution in [0.3, 0.4) is 0 Å². The molecule has 0 N–H and O–H groups in total. The number of rotatable bonds is 7. The maximum absolute atomic E-state index is 2.46. The van der Waals surface area contributed by atoms with Gasteiger partial charge in [-0.25, -0.2) is 0 Å². The molecule has 10 aromatic carbocycles. The summed E-state index contributed by atoms with van der Waals surface area (Å²) in [5.74, 6) is 0. The van der Waals surface area contributed by atoms with Crippen molar-refractivity contribution in [1.82, 2.24) is 9.13 Å². The fraction of sp³-hybridized carbons (Fsp3) is 0.0164. The molecule has 1 aliphatic carbocycles. The van der Waals surface area contributed by atoms with E-state index >= 15 is 0 Å². The minimum Gasteiger partial charge on any atom is -0.309 e. The molecule has 0 amide bonds. The largest absolute Gasteiger partial charge is 0.309 e. The highest BCUT2D eigenvalue weighted by Crippen LogP contribution is 2.57. The van der Waals surface area contributed by atoms with E-state index in [1.165, 1.54) is 66.0 Å². The maximum Gasteiger partial charge on any atom is 0.0782 e. The van der Waals surface area contributed by atoms with E-state index in [2.05, 4.69) is 263 Å². The van der Waals surface area contributed by atoms with Crippen molar-refractivity contribution >= 4 is 60.7 Å². The van der Waals surface area contributed by atoms with E-state index in [1.807, 2.05) is 0 Å². The molecule has 2 heterocycles. The summed E-state index contributed by atoms with van der Waals surface area (Å²) < 4.78 is 4.88. The van der Waals surface area contributed by atoms with Crippen molar-refractivity contribution in [2.45, 2.75) is 5.41 Å². The SMILES string of the molecule is c1ccc(N(c2cccc(C3(c4ccccc4)c4ccccc4-c4ccccc43)c2)c2cccc3c4cc(-n5c6ccccc6c6ccccc65)ccc4n(-c4ccccc4)c23)cc1. The molecule has 0 radical (unpaired) electrons. The minimum atomic E-state index is -0.527. The van der Waals surface area contributed by atoms with Crippen LogP contribution in [0.4, 0.5) is 17.1 Å². The molecule has 2 aromatic heterocycles. The van der Waals surface area contributed by atoms with Gasteiger partial charge in [0.15, 0.2) is 0 Å². The van der Waals surface area contributed by atoms with Gasteiger partial charge in [0, 0.05) is 44.3 Å². The van der Waals surface area contributed by atoms with Gasteiger partial charge in [-0.15, -0.1) is 0 Å². The van der Waals surface area contributed by atoms with Crippen molar-refractivity contribution in [3.63, 3.8) is 0 Å². The second-order valence-corrected chi connectivity index (χ2v) is 16.8. The van der Waals surface area contributed by atoms with Crippen molar-refractivity contribution in [2.24, 2.45) is 0 Å². The van der Waals surface area contributed by atoms with Crippen LogP contribution < -0.4 is 4.90 Å². The Morgan fingerprint density at radius 2 is 0.828 bits per heavy atom. The summed E-state index contributed by atoms with van der Waals surface area (Å²) in [7, 11) is 0. The Kier molecular flexibility index (Phi) is 8.13. The van der Waals surface area contributed by atoms with E-state index in [1.54, 1.807) is 0 Å². The highest BCUT2D eigenvalue weighted by atomic mass is 15.2. The number of para-hydroxylation sites is 5. The second-order valence-electron chi connectivity index (χ2n) is 16.8. The predicted octanol–water partition coefficient (Wildman–Crippen LogP) is 15.7. The molecule has 12 aromatic rings. The molecule has 64 heavy (non-hydrogen) atoms. The van der Waals surface area contributed by atoms with Crippen LogP contribution in [0.15, 0.2) is 249 Å². The van der Waals surface area contributed by atoms with Crippen LogP contribution in [-0.4, -0.2) is 9.13 Å². The number of hydrogen-bond donors (Lipinski definition) is 0. The lowest BCUT2D eigenvalue weighted by molar-refractivity contribution is 0.768. The van der Waals surface area contributed by atoms with Gasteiger partial charge in [0.25, 0.3) is 0 Å². The first-order chi connectivity index (χ1) is 31.8. The van der Waals surface area contributed by atoms with Crippen LogP contribution in [0.1, 0.15) is 22.3 Å². The van der Waals surface area contributed by atoms with Gasteiger partial charge in [-0.1, -0.05) is 176 Å². The quantitative estimate of drug-likeness (QED) is 0.156. The zero-order valence-corrected chi connectivity index (χ0v) is 35.0. The summed E-state index contributed by atoms with van der Waals surface area (Å²) in [4.78, 5) is 2.46. The Hall–Kier alpha value is -8.40. The molecular weight excluding hydrogens is 775 g/mol. The van der Waals surface area contributed by atoms with Gasteiger partial charge in [0.05, 0.1) is 33.2 Å². The van der Waals surface area contributed by atoms with Gasteiger partial charge in [0.1, 0.15) is 0 Å². The standard InChI is InChI=1S/C61H41N3/c1-4-20-42(21-5-1)61(54-33-14-10-28-48(54)49-29-11-15-34-55(49)61)43-22-18-27-46(40-43)62(44-23-6-2-7-24-44)59-37-19-32-52-53-41-47(38-39-58(53)64(60(52)59)45-25-8-3-9-26-45)63-56-35-16-12-30-50(56)51-31-13-17-36-57(51)63/h1-41H. The van der Waals surface area contributed by atoms with Crippen molar-refractivity contribution in [1.29, 1.82) is 0 Å². The molecule has 0 bridgehead atoms. The van der Waals surface area contributed by atoms with E-state index in [4.69, 9.17) is 0 Å². The molecule has 0 atom stereocenters. The number of hydrogen-bond acceptors (Lipinski definition) is 1. The molecule has 13 rings (SSSR count). The highest BCUT2D eigenvalue weighted by molar-refractivity contribution is 6.16. The summed E-state index contributed by atoms with van der Waals surface area (Å²) >= 11 is 0. The van der Waals surface area contributed by atoms with Crippen LogP contribution in [0.5, 0.6) is 0 Å². The summed E-state index contributed by atoms with van der Waals surface area (Å²) in [5, 5.41) is 4.90. The first kappa shape index (κ1) is 36.3. The first-order valence-electron chi connectivity index (χ1n) is 22.1. The van der Waals surface area contributed by atoms with Crippen LogP contribution in [0.2, 0.25) is 0 Å². The number of benzene rings is 10. The lowest BCUT2D eigenvalue weighted by Gasteiger charge is -2.35. The van der Waals surface area contributed by atoms with Gasteiger partial charge in [0.2, 0.25) is 0 Å². The topological polar surface area (TPSA) is 13.1 Å². The van der Waals surface area contributed by atoms with Gasteiger partial charge in [-0.2, -0.15) is 0 Å². The zero-order valence-electron chi connectivity index (χ0n) is 35.0. The van der Waals surface area contributed by atoms with Crippen molar-refractivity contribution in [2.75, 3.05) is 4.90 Å². The highest BCUT2D eigenvalue weighted by Gasteiger charge is 2.46. The lowest BCUT2D eigenvalue weighted by atomic mass is 9.67. The van der Waals surface area contributed by atoms with E-state index in [-0.39, 0.29) is 0 Å². The Morgan fingerprint density at radius 1 is 0.312 bits per heavy atom. The molecule has 0 spiro atoms. The van der Waals surface area contributed by atoms with Gasteiger partial charge in [-0.05, 0) is 106 Å². The molecule has 0 saturated carbocycles. The fourth-order valence-corrected chi connectivity index (χ4v) is 11.0. The molecule has 0 saturated heterocycles. The van der Waals surface area contributed by atoms with E-state index < -0.39 is 5.41 Å². The summed E-state index contributed by atoms with van der Waals surface area (Å²) in [6, 6.07) is 91.3. The molecule has 1 aliphatic rings. The second kappa shape index (κ2) is 14.3. The third-order valence-corrected chi connectivity index (χ3v) is 13.6. The smallest absolute Gasteiger partial charge is 0.0782 e. The Bertz CT molecular complexity index is 3630. The van der Waals surface area contributed by atoms with Gasteiger partial charge < -0.3 is 14.0 Å². The number of aromatic nitrogens is 2. The van der Waals surface area contributed by atoms with Gasteiger partial charge >= 0.3 is 0 Å². The number of fused-ring (bicyclic) bond motifs is 9. The predicted molar refractivity (Wildman–Crippen MR) is 267 cm³/mol. The molecule has 0 aliphatic heterocycles. The Morgan fingerprint density at radius 3 is 1.52 bits per heavy atom. The third kappa shape index (κ3) is 5.22. The average Bonchev–Trinajstić information content (AvgIpc) is 4.00. The molecule has 0 fully saturated rings. The van der Waals surface area contributed by atoms with E-state index in [0.717, 1.165) is 39.5 Å². The van der Waals surface area contributed by atoms with Gasteiger partial charge in [-0.3, -0.25) is 0 Å². The third-order valence-electron chi connectivity index (χ3n) is 13.6. The Balaban J connectivity index is 1.09. The molecule has 0 unspecified atom stereocenters. The van der Waals surface area contributed by atoms with Crippen LogP contribution >= 0.6 is 0 Å². The fourth-order valence-electron chi connectivity index (χ4n) is 11.0. The monoisotopic (exact) mass is 815 g/mol.